The Bertz CT molecular complexity index is 1780. The van der Waals surface area contributed by atoms with Crippen LogP contribution in [0.25, 0.3) is 11.2 Å². The highest BCUT2D eigenvalue weighted by molar-refractivity contribution is 7.99. The van der Waals surface area contributed by atoms with Crippen molar-refractivity contribution in [3.8, 4) is 0 Å². The minimum atomic E-state index is -5.57. The highest BCUT2D eigenvalue weighted by atomic mass is 32.2. The van der Waals surface area contributed by atoms with Crippen LogP contribution in [0.15, 0.2) is 12.7 Å². The van der Waals surface area contributed by atoms with Crippen LogP contribution in [0.3, 0.4) is 0 Å². The number of carbonyl (C=O) groups excluding carboxylic acids is 2. The number of aliphatic carboxylic acids is 1. The normalized spacial score (nSPS) is 22.6. The Hall–Kier alpha value is -2.64. The van der Waals surface area contributed by atoms with Gasteiger partial charge in [0.25, 0.3) is 0 Å². The number of phosphoric ester groups is 3. The van der Waals surface area contributed by atoms with Gasteiger partial charge >= 0.3 is 29.4 Å². The van der Waals surface area contributed by atoms with E-state index in [-0.39, 0.29) is 36.5 Å². The number of carboxylic acids is 1. The molecule has 1 aliphatic heterocycles. The third-order valence-electron chi connectivity index (χ3n) is 7.44. The predicted octanol–water partition coefficient (Wildman–Crippen LogP) is -1.14. The van der Waals surface area contributed by atoms with Crippen LogP contribution in [0.1, 0.15) is 33.4 Å². The Balaban J connectivity index is 1.50. The molecule has 3 heterocycles. The van der Waals surface area contributed by atoms with Crippen LogP contribution in [0.5, 0.6) is 0 Å². The zero-order valence-corrected chi connectivity index (χ0v) is 32.3. The number of nitrogens with one attached hydrogen (secondary N) is 2. The summed E-state index contributed by atoms with van der Waals surface area (Å²) < 4.78 is 61.9. The number of amides is 2. The van der Waals surface area contributed by atoms with Crippen molar-refractivity contribution in [1.29, 1.82) is 0 Å². The number of nitrogen functional groups attached to an aromatic ring is 1. The van der Waals surface area contributed by atoms with Crippen LogP contribution in [-0.2, 0) is 50.7 Å². The molecule has 0 spiro atoms. The molecule has 0 aliphatic carbocycles. The van der Waals surface area contributed by atoms with Gasteiger partial charge in [0.15, 0.2) is 17.7 Å². The third-order valence-corrected chi connectivity index (χ3v) is 11.8. The lowest BCUT2D eigenvalue weighted by molar-refractivity contribution is -0.140. The number of aliphatic hydroxyl groups excluding tert-OH is 2. The number of nitrogens with zero attached hydrogens (tertiary/aromatic N) is 4. The van der Waals surface area contributed by atoms with Crippen LogP contribution < -0.4 is 16.4 Å². The second-order valence-electron chi connectivity index (χ2n) is 12.4. The monoisotopic (exact) mass is 853 g/mol. The third kappa shape index (κ3) is 13.5. The molecule has 0 saturated carbocycles. The number of ether oxygens (including phenoxy) is 1. The first-order valence-electron chi connectivity index (χ1n) is 15.6. The van der Waals surface area contributed by atoms with Crippen molar-refractivity contribution in [2.24, 2.45) is 11.3 Å². The largest absolute Gasteiger partial charge is 0.481 e. The van der Waals surface area contributed by atoms with Crippen molar-refractivity contribution in [1.82, 2.24) is 30.2 Å². The summed E-state index contributed by atoms with van der Waals surface area (Å²) in [4.78, 5) is 86.2. The van der Waals surface area contributed by atoms with Gasteiger partial charge in [-0.25, -0.2) is 28.6 Å². The standard InChI is InChI=1S/C25H42N7O18P3S/c1-13(24(37)38)9-54-7-6-27-15(33)4-5-28-22(36)19(35)25(2,3)10-47-53(44,45)50-52(42,43)46-8-14-18(49-51(39,40)41)17(34)23(48-14)32-12-31-16-20(26)29-11-30-21(16)32/h11-14,17-19,23,34-35H,4-10H2,1-3H3,(H,27,33)(H,28,36)(H,37,38)(H,42,43)(H,44,45)(H2,26,29,30)(H2,39,40,41)/t13-,14+,17+,18+,19-,23+/m0/s1. The zero-order chi connectivity index (χ0) is 40.6. The van der Waals surface area contributed by atoms with Gasteiger partial charge in [-0.1, -0.05) is 20.8 Å². The number of thioether (sulfide) groups is 1. The lowest BCUT2D eigenvalue weighted by Gasteiger charge is -2.30. The number of hydrogen-bond donors (Lipinski definition) is 10. The van der Waals surface area contributed by atoms with Gasteiger partial charge in [-0.3, -0.25) is 32.5 Å². The SMILES string of the molecule is C[C@@H](CSCCNC(=O)CCNC(=O)[C@H](O)C(C)(C)COP(=O)(O)OP(=O)(O)OC[C@H]1O[C@@H](n2cnc3c(N)ncnc32)[C@H](O)[C@@H]1OP(=O)(O)O)C(=O)O. The van der Waals surface area contributed by atoms with Crippen LogP contribution >= 0.6 is 35.2 Å². The van der Waals surface area contributed by atoms with Crippen LogP contribution in [-0.4, -0.2) is 134 Å². The molecule has 1 aliphatic rings. The van der Waals surface area contributed by atoms with Gasteiger partial charge in [0.1, 0.15) is 36.3 Å². The average Bonchev–Trinajstić information content (AvgIpc) is 3.62. The number of rotatable bonds is 22. The molecule has 2 aromatic rings. The highest BCUT2D eigenvalue weighted by Crippen LogP contribution is 2.61. The van der Waals surface area contributed by atoms with E-state index >= 15 is 0 Å². The maximum Gasteiger partial charge on any atom is 0.481 e. The van der Waals surface area contributed by atoms with E-state index in [0.717, 1.165) is 17.2 Å². The smallest absolute Gasteiger partial charge is 0.481 e. The average molecular weight is 854 g/mol. The Morgan fingerprint density at radius 1 is 1.07 bits per heavy atom. The molecule has 54 heavy (non-hydrogen) atoms. The number of phosphoric acid groups is 3. The molecule has 8 atom stereocenters. The summed E-state index contributed by atoms with van der Waals surface area (Å²) in [5.74, 6) is -2.09. The molecule has 1 fully saturated rings. The zero-order valence-electron chi connectivity index (χ0n) is 28.8. The fourth-order valence-electron chi connectivity index (χ4n) is 4.53. The lowest BCUT2D eigenvalue weighted by atomic mass is 9.87. The Morgan fingerprint density at radius 3 is 2.39 bits per heavy atom. The summed E-state index contributed by atoms with van der Waals surface area (Å²) in [6, 6.07) is 0. The summed E-state index contributed by atoms with van der Waals surface area (Å²) in [6.07, 6.45) is -6.93. The molecular formula is C25H42N7O18P3S. The van der Waals surface area contributed by atoms with Crippen molar-refractivity contribution in [2.75, 3.05) is 43.5 Å². The Kier molecular flexibility index (Phi) is 16.1. The maximum absolute atomic E-state index is 12.6. The van der Waals surface area contributed by atoms with E-state index in [2.05, 4.69) is 34.4 Å². The van der Waals surface area contributed by atoms with Crippen molar-refractivity contribution >= 4 is 70.0 Å². The summed E-state index contributed by atoms with van der Waals surface area (Å²) in [7, 11) is -16.4. The molecule has 1 saturated heterocycles. The fraction of sp³-hybridized carbons (Fsp3) is 0.680. The molecule has 0 aromatic carbocycles. The second kappa shape index (κ2) is 19.0. The topological polar surface area (TPSA) is 384 Å². The van der Waals surface area contributed by atoms with Crippen molar-refractivity contribution in [2.45, 2.75) is 57.8 Å². The first-order valence-corrected chi connectivity index (χ1v) is 21.3. The van der Waals surface area contributed by atoms with Crippen LogP contribution in [0, 0.1) is 11.3 Å². The number of aliphatic hydroxyl groups is 2. The minimum Gasteiger partial charge on any atom is -0.481 e. The molecular weight excluding hydrogens is 811 g/mol. The van der Waals surface area contributed by atoms with Crippen LogP contribution in [0.2, 0.25) is 0 Å². The van der Waals surface area contributed by atoms with Gasteiger partial charge in [0.05, 0.1) is 25.5 Å². The quantitative estimate of drug-likeness (QED) is 0.0494. The number of hydrogen-bond acceptors (Lipinski definition) is 18. The molecule has 2 aromatic heterocycles. The van der Waals surface area contributed by atoms with E-state index < -0.39 is 96.4 Å². The Morgan fingerprint density at radius 2 is 1.74 bits per heavy atom. The van der Waals surface area contributed by atoms with Crippen molar-refractivity contribution < 1.29 is 85.6 Å². The van der Waals surface area contributed by atoms with E-state index in [4.69, 9.17) is 24.6 Å². The molecule has 2 amide bonds. The number of imidazole rings is 1. The molecule has 0 radical (unpaired) electrons. The molecule has 2 unspecified atom stereocenters. The first kappa shape index (κ1) is 45.7. The minimum absolute atomic E-state index is 0.0271. The lowest BCUT2D eigenvalue weighted by Crippen LogP contribution is -2.46. The summed E-state index contributed by atoms with van der Waals surface area (Å²) in [5.41, 5.74) is 4.24. The van der Waals surface area contributed by atoms with Gasteiger partial charge in [-0.2, -0.15) is 16.1 Å². The predicted molar refractivity (Wildman–Crippen MR) is 184 cm³/mol. The molecule has 29 heteroatoms. The number of nitrogens with two attached hydrogens (primary N) is 1. The molecule has 0 bridgehead atoms. The number of aromatic nitrogens is 4. The van der Waals surface area contributed by atoms with Crippen molar-refractivity contribution in [3.05, 3.63) is 12.7 Å². The van der Waals surface area contributed by atoms with Gasteiger partial charge < -0.3 is 56.0 Å². The van der Waals surface area contributed by atoms with Gasteiger partial charge in [0.2, 0.25) is 11.8 Å². The van der Waals surface area contributed by atoms with E-state index in [1.165, 1.54) is 25.6 Å². The molecule has 306 valence electrons. The number of anilines is 1. The summed E-state index contributed by atoms with van der Waals surface area (Å²) in [6.45, 7) is 2.08. The molecule has 3 rings (SSSR count). The maximum atomic E-state index is 12.6. The Labute approximate surface area is 310 Å². The van der Waals surface area contributed by atoms with E-state index in [1.807, 2.05) is 0 Å². The summed E-state index contributed by atoms with van der Waals surface area (Å²) >= 11 is 1.34. The number of fused-ring (bicyclic) bond motifs is 1. The van der Waals surface area contributed by atoms with E-state index in [0.29, 0.717) is 11.5 Å². The molecule has 11 N–H and O–H groups in total. The molecule has 25 nitrogen and oxygen atoms in total. The van der Waals surface area contributed by atoms with Gasteiger partial charge in [-0.15, -0.1) is 0 Å². The second-order valence-corrected chi connectivity index (χ2v) is 17.8. The van der Waals surface area contributed by atoms with Gasteiger partial charge in [0, 0.05) is 36.4 Å². The van der Waals surface area contributed by atoms with Crippen LogP contribution in [0.4, 0.5) is 5.82 Å². The van der Waals surface area contributed by atoms with E-state index in [9.17, 15) is 57.9 Å². The van der Waals surface area contributed by atoms with Gasteiger partial charge in [-0.05, 0) is 0 Å². The number of carboxylic acid groups (broad SMARTS) is 1. The summed E-state index contributed by atoms with van der Waals surface area (Å²) in [5, 5.41) is 35.2. The number of carbonyl (C=O) groups is 3. The first-order chi connectivity index (χ1) is 24.9. The fourth-order valence-corrected chi connectivity index (χ4v) is 8.27. The van der Waals surface area contributed by atoms with Crippen molar-refractivity contribution in [3.63, 3.8) is 0 Å². The highest BCUT2D eigenvalue weighted by Gasteiger charge is 2.50. The van der Waals surface area contributed by atoms with E-state index in [1.54, 1.807) is 6.92 Å².